The van der Waals surface area contributed by atoms with E-state index in [0.29, 0.717) is 11.6 Å². The number of ketones is 1. The molecule has 6 nitrogen and oxygen atoms in total. The maximum atomic E-state index is 14.0. The van der Waals surface area contributed by atoms with Crippen LogP contribution in [-0.2, 0) is 6.54 Å². The summed E-state index contributed by atoms with van der Waals surface area (Å²) in [4.78, 5) is 23.9. The highest BCUT2D eigenvalue weighted by atomic mass is 35.5. The molecule has 3 aromatic carbocycles. The number of imidazole rings is 1. The second-order valence-corrected chi connectivity index (χ2v) is 11.8. The Balaban J connectivity index is 1.50. The number of likely N-dealkylation sites (tertiary alicyclic amines) is 1. The van der Waals surface area contributed by atoms with Crippen LogP contribution in [-0.4, -0.2) is 59.5 Å². The number of benzene rings is 3. The Labute approximate surface area is 250 Å². The van der Waals surface area contributed by atoms with Crippen LogP contribution in [0.1, 0.15) is 47.3 Å². The van der Waals surface area contributed by atoms with Crippen LogP contribution in [0, 0.1) is 11.7 Å². The topological polar surface area (TPSA) is 53.4 Å². The lowest BCUT2D eigenvalue weighted by molar-refractivity contribution is 0.0882. The molecule has 0 bridgehead atoms. The van der Waals surface area contributed by atoms with Gasteiger partial charge in [-0.2, -0.15) is 0 Å². The molecule has 2 aliphatic rings. The first kappa shape index (κ1) is 28.2. The molecule has 3 heterocycles. The molecule has 0 saturated carbocycles. The largest absolute Gasteiger partial charge is 0.340 e. The van der Waals surface area contributed by atoms with Crippen LogP contribution in [0.4, 0.5) is 10.3 Å². The van der Waals surface area contributed by atoms with Gasteiger partial charge >= 0.3 is 0 Å². The second kappa shape index (κ2) is 12.1. The fraction of sp³-hybridized carbons (Fsp3) is 0.375. The molecular weight excluding hydrogens is 560 g/mol. The van der Waals surface area contributed by atoms with Crippen LogP contribution in [0.5, 0.6) is 0 Å². The monoisotopic (exact) mass is 593 g/mol. The number of carbonyl (C=O) groups excluding carboxylic acids is 1. The Hall–Kier alpha value is -2.97. The summed E-state index contributed by atoms with van der Waals surface area (Å²) in [6.07, 6.45) is 1.77. The van der Waals surface area contributed by atoms with E-state index in [1.165, 1.54) is 6.07 Å². The third-order valence-corrected chi connectivity index (χ3v) is 8.79. The lowest BCUT2D eigenvalue weighted by atomic mass is 9.86. The number of fused-ring (bicyclic) bond motifs is 1. The van der Waals surface area contributed by atoms with Crippen LogP contribution >= 0.6 is 23.2 Å². The third-order valence-electron chi connectivity index (χ3n) is 8.28. The van der Waals surface area contributed by atoms with Gasteiger partial charge in [-0.25, -0.2) is 9.37 Å². The van der Waals surface area contributed by atoms with Gasteiger partial charge in [0.25, 0.3) is 0 Å². The van der Waals surface area contributed by atoms with Gasteiger partial charge in [0.15, 0.2) is 5.78 Å². The summed E-state index contributed by atoms with van der Waals surface area (Å²) < 4.78 is 16.1. The van der Waals surface area contributed by atoms with Crippen LogP contribution in [0.2, 0.25) is 10.0 Å². The van der Waals surface area contributed by atoms with E-state index in [9.17, 15) is 9.18 Å². The van der Waals surface area contributed by atoms with Crippen molar-refractivity contribution >= 4 is 46.0 Å². The Kier molecular flexibility index (Phi) is 8.31. The molecule has 41 heavy (non-hydrogen) atoms. The van der Waals surface area contributed by atoms with Crippen molar-refractivity contribution in [2.24, 2.45) is 5.92 Å². The average molecular weight is 595 g/mol. The molecule has 2 saturated heterocycles. The van der Waals surface area contributed by atoms with Crippen LogP contribution in [0.25, 0.3) is 11.0 Å². The first-order valence-electron chi connectivity index (χ1n) is 14.4. The number of anilines is 1. The minimum Gasteiger partial charge on any atom is -0.340 e. The predicted octanol–water partition coefficient (Wildman–Crippen LogP) is 6.60. The highest BCUT2D eigenvalue weighted by Gasteiger charge is 2.41. The highest BCUT2D eigenvalue weighted by molar-refractivity contribution is 6.31. The lowest BCUT2D eigenvalue weighted by Gasteiger charge is -2.29. The molecule has 1 N–H and O–H groups in total. The first-order chi connectivity index (χ1) is 19.9. The van der Waals surface area contributed by atoms with Crippen molar-refractivity contribution in [3.05, 3.63) is 93.2 Å². The summed E-state index contributed by atoms with van der Waals surface area (Å²) in [6.45, 7) is 7.72. The van der Waals surface area contributed by atoms with Crippen molar-refractivity contribution in [1.29, 1.82) is 0 Å². The number of nitrogens with zero attached hydrogens (tertiary/aromatic N) is 4. The number of Topliss-reactive ketones (excluding diaryl/α,β-unsaturated/α-hetero) is 1. The van der Waals surface area contributed by atoms with Crippen molar-refractivity contribution in [3.8, 4) is 0 Å². The lowest BCUT2D eigenvalue weighted by Crippen LogP contribution is -2.44. The maximum absolute atomic E-state index is 14.0. The summed E-state index contributed by atoms with van der Waals surface area (Å²) in [6, 6.07) is 18.2. The molecule has 0 radical (unpaired) electrons. The summed E-state index contributed by atoms with van der Waals surface area (Å²) in [5.41, 5.74) is 4.35. The standard InChI is InChI=1S/C32H34Cl2FN5O/c1-2-13-38-14-10-24(31(41)22-6-4-3-5-7-22)30(38)25-18-23(33)19-28-29(25)37-32(39-15-11-36-12-16-39)40(28)20-21-8-9-27(35)26(34)17-21/h3-9,17-19,24,30,36H,2,10-16,20H2,1H3/t24-,30+/m1/s1. The minimum absolute atomic E-state index is 0.0952. The van der Waals surface area contributed by atoms with Crippen molar-refractivity contribution in [2.75, 3.05) is 44.2 Å². The van der Waals surface area contributed by atoms with E-state index in [2.05, 4.69) is 26.6 Å². The minimum atomic E-state index is -0.440. The number of rotatable bonds is 8. The fourth-order valence-corrected chi connectivity index (χ4v) is 6.83. The van der Waals surface area contributed by atoms with Gasteiger partial charge in [-0.1, -0.05) is 66.5 Å². The van der Waals surface area contributed by atoms with Gasteiger partial charge in [-0.05, 0) is 61.3 Å². The zero-order valence-corrected chi connectivity index (χ0v) is 24.6. The molecule has 6 rings (SSSR count). The highest BCUT2D eigenvalue weighted by Crippen LogP contribution is 2.43. The molecule has 214 valence electrons. The van der Waals surface area contributed by atoms with Gasteiger partial charge in [-0.15, -0.1) is 0 Å². The van der Waals surface area contributed by atoms with E-state index in [4.69, 9.17) is 28.2 Å². The molecule has 2 fully saturated rings. The Morgan fingerprint density at radius 3 is 2.56 bits per heavy atom. The number of carbonyl (C=O) groups is 1. The van der Waals surface area contributed by atoms with Crippen molar-refractivity contribution < 1.29 is 9.18 Å². The van der Waals surface area contributed by atoms with Gasteiger partial charge in [0.1, 0.15) is 5.82 Å². The fourth-order valence-electron chi connectivity index (χ4n) is 6.41. The molecule has 0 unspecified atom stereocenters. The van der Waals surface area contributed by atoms with Crippen LogP contribution < -0.4 is 10.2 Å². The van der Waals surface area contributed by atoms with E-state index in [1.54, 1.807) is 12.1 Å². The first-order valence-corrected chi connectivity index (χ1v) is 15.1. The zero-order valence-electron chi connectivity index (χ0n) is 23.1. The Bertz CT molecular complexity index is 1550. The van der Waals surface area contributed by atoms with Gasteiger partial charge in [0.2, 0.25) is 5.95 Å². The normalized spacial score (nSPS) is 19.8. The summed E-state index contributed by atoms with van der Waals surface area (Å²) in [7, 11) is 0. The molecule has 2 atom stereocenters. The molecule has 0 amide bonds. The van der Waals surface area contributed by atoms with E-state index >= 15 is 0 Å². The molecule has 4 aromatic rings. The van der Waals surface area contributed by atoms with E-state index in [-0.39, 0.29) is 22.8 Å². The van der Waals surface area contributed by atoms with Crippen molar-refractivity contribution in [1.82, 2.24) is 19.8 Å². The number of aromatic nitrogens is 2. The summed E-state index contributed by atoms with van der Waals surface area (Å²) in [5, 5.41) is 4.12. The van der Waals surface area contributed by atoms with Gasteiger partial charge in [-0.3, -0.25) is 9.69 Å². The van der Waals surface area contributed by atoms with Gasteiger partial charge in [0.05, 0.1) is 22.6 Å². The quantitative estimate of drug-likeness (QED) is 0.233. The van der Waals surface area contributed by atoms with E-state index < -0.39 is 5.82 Å². The molecule has 0 aliphatic carbocycles. The molecular formula is C32H34Cl2FN5O. The number of piperazine rings is 1. The van der Waals surface area contributed by atoms with Crippen LogP contribution in [0.15, 0.2) is 60.7 Å². The number of halogens is 3. The molecule has 1 aromatic heterocycles. The maximum Gasteiger partial charge on any atom is 0.206 e. The van der Waals surface area contributed by atoms with Crippen molar-refractivity contribution in [3.63, 3.8) is 0 Å². The Morgan fingerprint density at radius 2 is 1.83 bits per heavy atom. The summed E-state index contributed by atoms with van der Waals surface area (Å²) in [5.74, 6) is 0.362. The average Bonchev–Trinajstić information content (AvgIpc) is 3.57. The predicted molar refractivity (Wildman–Crippen MR) is 164 cm³/mol. The van der Waals surface area contributed by atoms with Crippen LogP contribution in [0.3, 0.4) is 0 Å². The van der Waals surface area contributed by atoms with E-state index in [0.717, 1.165) is 85.8 Å². The van der Waals surface area contributed by atoms with E-state index in [1.807, 2.05) is 42.5 Å². The third kappa shape index (κ3) is 5.61. The summed E-state index contributed by atoms with van der Waals surface area (Å²) >= 11 is 13.0. The van der Waals surface area contributed by atoms with Gasteiger partial charge in [0, 0.05) is 48.7 Å². The number of hydrogen-bond donors (Lipinski definition) is 1. The smallest absolute Gasteiger partial charge is 0.206 e. The van der Waals surface area contributed by atoms with Crippen molar-refractivity contribution in [2.45, 2.75) is 32.4 Å². The number of nitrogens with one attached hydrogen (secondary N) is 1. The zero-order chi connectivity index (χ0) is 28.5. The van der Waals surface area contributed by atoms with Gasteiger partial charge < -0.3 is 14.8 Å². The molecule has 9 heteroatoms. The SMILES string of the molecule is CCCN1CC[C@@H](C(=O)c2ccccc2)[C@H]1c1cc(Cl)cc2c1nc(N1CCNCC1)n2Cc1ccc(F)c(Cl)c1. The number of hydrogen-bond acceptors (Lipinski definition) is 5. The Morgan fingerprint density at radius 1 is 1.05 bits per heavy atom. The molecule has 0 spiro atoms. The molecule has 2 aliphatic heterocycles. The second-order valence-electron chi connectivity index (χ2n) is 11.0.